The lowest BCUT2D eigenvalue weighted by atomic mass is 9.89. The van der Waals surface area contributed by atoms with E-state index in [1.54, 1.807) is 30.3 Å². The van der Waals surface area contributed by atoms with Crippen molar-refractivity contribution < 1.29 is 8.42 Å². The molecule has 4 heterocycles. The number of nitriles is 1. The number of nitrogens with one attached hydrogen (secondary N) is 1. The molecule has 1 N–H and O–H groups in total. The van der Waals surface area contributed by atoms with Crippen LogP contribution in [0.2, 0.25) is 0 Å². The van der Waals surface area contributed by atoms with E-state index in [-0.39, 0.29) is 25.3 Å². The fourth-order valence-corrected chi connectivity index (χ4v) is 4.52. The molecule has 0 atom stereocenters. The third-order valence-electron chi connectivity index (χ3n) is 4.81. The van der Waals surface area contributed by atoms with Gasteiger partial charge < -0.3 is 4.98 Å². The highest BCUT2D eigenvalue weighted by Crippen LogP contribution is 2.35. The number of sulfonamides is 1. The summed E-state index contributed by atoms with van der Waals surface area (Å²) in [6, 6.07) is 4.03. The number of rotatable bonds is 5. The standard InChI is InChI=1S/C16H17N7O2S/c1-2-26(24,25)22-9-16(10-22,4-5-17)23-8-12(7-21-23)13-3-6-18-15-14(13)19-11-20-15/h3,6-8,11H,2,4,9-10H2,1H3,(H,18,19,20). The predicted molar refractivity (Wildman–Crippen MR) is 94.3 cm³/mol. The van der Waals surface area contributed by atoms with Crippen LogP contribution in [0.3, 0.4) is 0 Å². The fraction of sp³-hybridized carbons (Fsp3) is 0.375. The van der Waals surface area contributed by atoms with Crippen LogP contribution in [-0.4, -0.2) is 56.3 Å². The van der Waals surface area contributed by atoms with Gasteiger partial charge in [-0.25, -0.2) is 18.4 Å². The van der Waals surface area contributed by atoms with Crippen molar-refractivity contribution in [2.75, 3.05) is 18.8 Å². The summed E-state index contributed by atoms with van der Waals surface area (Å²) in [5.41, 5.74) is 2.56. The molecular formula is C16H17N7O2S. The molecule has 134 valence electrons. The molecule has 0 aromatic carbocycles. The van der Waals surface area contributed by atoms with E-state index in [0.29, 0.717) is 5.65 Å². The summed E-state index contributed by atoms with van der Waals surface area (Å²) < 4.78 is 27.2. The maximum atomic E-state index is 12.0. The highest BCUT2D eigenvalue weighted by atomic mass is 32.2. The second-order valence-corrected chi connectivity index (χ2v) is 8.62. The third kappa shape index (κ3) is 2.48. The van der Waals surface area contributed by atoms with Crippen molar-refractivity contribution in [1.29, 1.82) is 5.26 Å². The van der Waals surface area contributed by atoms with Crippen molar-refractivity contribution in [1.82, 2.24) is 29.0 Å². The molecule has 4 rings (SSSR count). The molecular weight excluding hydrogens is 354 g/mol. The molecule has 9 nitrogen and oxygen atoms in total. The largest absolute Gasteiger partial charge is 0.343 e. The molecule has 0 spiro atoms. The average molecular weight is 371 g/mol. The molecule has 10 heteroatoms. The molecule has 1 aliphatic heterocycles. The number of aromatic amines is 1. The molecule has 1 fully saturated rings. The average Bonchev–Trinajstić information content (AvgIpc) is 3.26. The number of hydrogen-bond donors (Lipinski definition) is 1. The lowest BCUT2D eigenvalue weighted by molar-refractivity contribution is 0.0719. The van der Waals surface area contributed by atoms with Crippen LogP contribution in [0.1, 0.15) is 13.3 Å². The Morgan fingerprint density at radius 2 is 2.19 bits per heavy atom. The molecule has 1 saturated heterocycles. The summed E-state index contributed by atoms with van der Waals surface area (Å²) in [5.74, 6) is 0.0504. The van der Waals surface area contributed by atoms with Gasteiger partial charge in [0.05, 0.1) is 36.3 Å². The third-order valence-corrected chi connectivity index (χ3v) is 6.59. The molecule has 0 aliphatic carbocycles. The molecule has 0 saturated carbocycles. The smallest absolute Gasteiger partial charge is 0.213 e. The molecule has 0 amide bonds. The fourth-order valence-electron chi connectivity index (χ4n) is 3.29. The van der Waals surface area contributed by atoms with Crippen molar-refractivity contribution in [3.63, 3.8) is 0 Å². The van der Waals surface area contributed by atoms with Crippen molar-refractivity contribution in [2.45, 2.75) is 18.9 Å². The van der Waals surface area contributed by atoms with Gasteiger partial charge in [0, 0.05) is 36.6 Å². The van der Waals surface area contributed by atoms with Crippen LogP contribution in [-0.2, 0) is 15.6 Å². The first-order valence-corrected chi connectivity index (χ1v) is 9.78. The Bertz CT molecular complexity index is 1100. The normalized spacial score (nSPS) is 17.1. The highest BCUT2D eigenvalue weighted by molar-refractivity contribution is 7.89. The molecule has 3 aromatic rings. The van der Waals surface area contributed by atoms with Crippen LogP contribution < -0.4 is 0 Å². The monoisotopic (exact) mass is 371 g/mol. The summed E-state index contributed by atoms with van der Waals surface area (Å²) in [4.78, 5) is 11.4. The maximum absolute atomic E-state index is 12.0. The van der Waals surface area contributed by atoms with Gasteiger partial charge in [-0.15, -0.1) is 0 Å². The molecule has 1 aliphatic rings. The van der Waals surface area contributed by atoms with Crippen LogP contribution in [0.15, 0.2) is 31.0 Å². The van der Waals surface area contributed by atoms with E-state index in [1.165, 1.54) is 4.31 Å². The number of nitrogens with zero attached hydrogens (tertiary/aromatic N) is 6. The Labute approximate surface area is 150 Å². The zero-order chi connectivity index (χ0) is 18.4. The molecule has 0 unspecified atom stereocenters. The minimum absolute atomic E-state index is 0.0504. The quantitative estimate of drug-likeness (QED) is 0.717. The van der Waals surface area contributed by atoms with Crippen molar-refractivity contribution in [3.05, 3.63) is 31.0 Å². The van der Waals surface area contributed by atoms with Crippen LogP contribution in [0.4, 0.5) is 0 Å². The summed E-state index contributed by atoms with van der Waals surface area (Å²) in [6.07, 6.45) is 7.02. The van der Waals surface area contributed by atoms with E-state index in [4.69, 9.17) is 0 Å². The van der Waals surface area contributed by atoms with Crippen molar-refractivity contribution >= 4 is 21.2 Å². The van der Waals surface area contributed by atoms with E-state index in [0.717, 1.165) is 16.6 Å². The zero-order valence-electron chi connectivity index (χ0n) is 14.1. The van der Waals surface area contributed by atoms with Crippen LogP contribution in [0.5, 0.6) is 0 Å². The van der Waals surface area contributed by atoms with E-state index in [2.05, 4.69) is 26.1 Å². The number of H-pyrrole nitrogens is 1. The first-order valence-electron chi connectivity index (χ1n) is 8.17. The van der Waals surface area contributed by atoms with E-state index in [1.807, 2.05) is 12.3 Å². The Morgan fingerprint density at radius 1 is 1.38 bits per heavy atom. The molecule has 0 radical (unpaired) electrons. The van der Waals surface area contributed by atoms with Gasteiger partial charge in [0.2, 0.25) is 10.0 Å². The Hall–Kier alpha value is -2.77. The Kier molecular flexibility index (Phi) is 3.78. The summed E-state index contributed by atoms with van der Waals surface area (Å²) in [5, 5.41) is 13.7. The first-order chi connectivity index (χ1) is 12.5. The number of pyridine rings is 1. The van der Waals surface area contributed by atoms with Crippen LogP contribution >= 0.6 is 0 Å². The lowest BCUT2D eigenvalue weighted by Crippen LogP contribution is -2.64. The second-order valence-electron chi connectivity index (χ2n) is 6.36. The van der Waals surface area contributed by atoms with Gasteiger partial charge in [-0.05, 0) is 13.0 Å². The zero-order valence-corrected chi connectivity index (χ0v) is 14.9. The van der Waals surface area contributed by atoms with Gasteiger partial charge in [0.1, 0.15) is 5.54 Å². The van der Waals surface area contributed by atoms with Crippen LogP contribution in [0.25, 0.3) is 22.3 Å². The van der Waals surface area contributed by atoms with E-state index < -0.39 is 15.6 Å². The van der Waals surface area contributed by atoms with Gasteiger partial charge >= 0.3 is 0 Å². The molecule has 0 bridgehead atoms. The summed E-state index contributed by atoms with van der Waals surface area (Å²) in [7, 11) is -3.26. The van der Waals surface area contributed by atoms with Gasteiger partial charge in [-0.3, -0.25) is 4.68 Å². The molecule has 3 aromatic heterocycles. The Morgan fingerprint density at radius 3 is 2.92 bits per heavy atom. The first kappa shape index (κ1) is 16.7. The number of fused-ring (bicyclic) bond motifs is 1. The topological polar surface area (TPSA) is 121 Å². The van der Waals surface area contributed by atoms with Crippen molar-refractivity contribution in [3.8, 4) is 17.2 Å². The van der Waals surface area contributed by atoms with Gasteiger partial charge in [-0.2, -0.15) is 14.7 Å². The maximum Gasteiger partial charge on any atom is 0.213 e. The summed E-state index contributed by atoms with van der Waals surface area (Å²) >= 11 is 0. The predicted octanol–water partition coefficient (Wildman–Crippen LogP) is 1.10. The summed E-state index contributed by atoms with van der Waals surface area (Å²) in [6.45, 7) is 2.13. The van der Waals surface area contributed by atoms with Gasteiger partial charge in [0.15, 0.2) is 5.65 Å². The minimum Gasteiger partial charge on any atom is -0.343 e. The molecule has 26 heavy (non-hydrogen) atoms. The van der Waals surface area contributed by atoms with Gasteiger partial charge in [-0.1, -0.05) is 0 Å². The highest BCUT2D eigenvalue weighted by Gasteiger charge is 2.49. The minimum atomic E-state index is -3.26. The van der Waals surface area contributed by atoms with Crippen molar-refractivity contribution in [2.24, 2.45) is 0 Å². The van der Waals surface area contributed by atoms with E-state index in [9.17, 15) is 13.7 Å². The van der Waals surface area contributed by atoms with Crippen LogP contribution in [0, 0.1) is 11.3 Å². The van der Waals surface area contributed by atoms with Gasteiger partial charge in [0.25, 0.3) is 0 Å². The number of aromatic nitrogens is 5. The number of hydrogen-bond acceptors (Lipinski definition) is 6. The lowest BCUT2D eigenvalue weighted by Gasteiger charge is -2.47. The Balaban J connectivity index is 1.69. The second kappa shape index (κ2) is 5.89. The van der Waals surface area contributed by atoms with E-state index >= 15 is 0 Å². The number of imidazole rings is 1. The SMILES string of the molecule is CCS(=O)(=O)N1CC(CC#N)(n2cc(-c3ccnc4nc[nH]c34)cn2)C1.